The first-order valence-corrected chi connectivity index (χ1v) is 6.66. The van der Waals surface area contributed by atoms with E-state index in [-0.39, 0.29) is 12.0 Å². The maximum Gasteiger partial charge on any atom is 0.387 e. The summed E-state index contributed by atoms with van der Waals surface area (Å²) >= 11 is 1.59. The van der Waals surface area contributed by atoms with Gasteiger partial charge in [0.25, 0.3) is 5.01 Å². The summed E-state index contributed by atoms with van der Waals surface area (Å²) in [7, 11) is 0. The first-order valence-electron chi connectivity index (χ1n) is 5.84. The van der Waals surface area contributed by atoms with Crippen LogP contribution in [0.1, 0.15) is 37.2 Å². The minimum Gasteiger partial charge on any atom is -0.395 e. The molecule has 0 radical (unpaired) electrons. The lowest BCUT2D eigenvalue weighted by atomic mass is 9.98. The number of hydrogen-bond donors (Lipinski definition) is 1. The van der Waals surface area contributed by atoms with E-state index in [1.807, 2.05) is 0 Å². The molecule has 1 aromatic heterocycles. The predicted octanol–water partition coefficient (Wildman–Crippen LogP) is 1.00. The summed E-state index contributed by atoms with van der Waals surface area (Å²) in [6, 6.07) is 0. The molecule has 0 bridgehead atoms. The van der Waals surface area contributed by atoms with Crippen LogP contribution in [0, 0.1) is 0 Å². The number of hydrogen-bond acceptors (Lipinski definition) is 4. The standard InChI is InChI=1S/C11H19FN3OS/c1-11(2,3)9-13-15-8(17-9)4-5-14(6-7-16)10(15)12/h10,16H,4-7H2,1-3H3/q+1. The van der Waals surface area contributed by atoms with E-state index in [1.54, 1.807) is 16.2 Å². The van der Waals surface area contributed by atoms with Gasteiger partial charge in [-0.1, -0.05) is 20.8 Å². The van der Waals surface area contributed by atoms with Crippen molar-refractivity contribution in [2.24, 2.45) is 0 Å². The average molecular weight is 260 g/mol. The molecule has 1 aromatic rings. The molecule has 0 fully saturated rings. The Hall–Kier alpha value is -0.590. The Bertz CT molecular complexity index is 402. The summed E-state index contributed by atoms with van der Waals surface area (Å²) < 4.78 is 15.6. The Morgan fingerprint density at radius 3 is 2.88 bits per heavy atom. The number of rotatable bonds is 2. The average Bonchev–Trinajstić information content (AvgIpc) is 2.66. The van der Waals surface area contributed by atoms with Gasteiger partial charge in [-0.3, -0.25) is 0 Å². The van der Waals surface area contributed by atoms with E-state index >= 15 is 0 Å². The van der Waals surface area contributed by atoms with Gasteiger partial charge in [-0.15, -0.1) is 0 Å². The lowest BCUT2D eigenvalue weighted by Gasteiger charge is -2.22. The molecule has 2 rings (SSSR count). The molecule has 96 valence electrons. The van der Waals surface area contributed by atoms with Crippen LogP contribution in [0.2, 0.25) is 0 Å². The Balaban J connectivity index is 2.27. The third-order valence-corrected chi connectivity index (χ3v) is 4.33. The molecule has 1 aliphatic rings. The van der Waals surface area contributed by atoms with Crippen LogP contribution in [0.4, 0.5) is 4.39 Å². The zero-order valence-electron chi connectivity index (χ0n) is 10.5. The molecule has 2 heterocycles. The fraction of sp³-hybridized carbons (Fsp3) is 0.818. The Labute approximate surface area is 105 Å². The molecule has 17 heavy (non-hydrogen) atoms. The Kier molecular flexibility index (Phi) is 3.47. The molecule has 0 aliphatic carbocycles. The highest BCUT2D eigenvalue weighted by Crippen LogP contribution is 2.28. The van der Waals surface area contributed by atoms with Gasteiger partial charge in [0.05, 0.1) is 13.0 Å². The highest BCUT2D eigenvalue weighted by atomic mass is 32.1. The SMILES string of the molecule is CC(C)(C)c1n[n+]2c(s1)CCN(CCO)C2F. The van der Waals surface area contributed by atoms with E-state index in [9.17, 15) is 4.39 Å². The monoisotopic (exact) mass is 260 g/mol. The van der Waals surface area contributed by atoms with Crippen molar-refractivity contribution in [2.75, 3.05) is 19.7 Å². The van der Waals surface area contributed by atoms with Gasteiger partial charge in [-0.05, 0) is 16.0 Å². The number of nitrogens with zero attached hydrogens (tertiary/aromatic N) is 3. The minimum atomic E-state index is -1.24. The van der Waals surface area contributed by atoms with Crippen LogP contribution in [0.5, 0.6) is 0 Å². The van der Waals surface area contributed by atoms with Crippen LogP contribution in [0.25, 0.3) is 0 Å². The third kappa shape index (κ3) is 2.48. The minimum absolute atomic E-state index is 0.0213. The van der Waals surface area contributed by atoms with Crippen LogP contribution >= 0.6 is 11.3 Å². The number of alkyl halides is 1. The topological polar surface area (TPSA) is 40.2 Å². The van der Waals surface area contributed by atoms with Gasteiger partial charge in [0, 0.05) is 23.6 Å². The second-order valence-electron chi connectivity index (χ2n) is 5.32. The van der Waals surface area contributed by atoms with E-state index in [0.717, 1.165) is 16.4 Å². The van der Waals surface area contributed by atoms with Crippen molar-refractivity contribution in [3.05, 3.63) is 10.0 Å². The molecule has 0 aromatic carbocycles. The number of fused-ring (bicyclic) bond motifs is 1. The molecule has 1 atom stereocenters. The highest BCUT2D eigenvalue weighted by molar-refractivity contribution is 7.11. The van der Waals surface area contributed by atoms with Crippen molar-refractivity contribution in [2.45, 2.75) is 39.0 Å². The number of β-amino-alcohol motifs (C(OH)–C–C–N with tert-alkyl or cyclic N) is 1. The summed E-state index contributed by atoms with van der Waals surface area (Å²) in [6.07, 6.45) is -0.438. The third-order valence-electron chi connectivity index (χ3n) is 2.81. The van der Waals surface area contributed by atoms with Crippen molar-refractivity contribution in [3.8, 4) is 0 Å². The molecular formula is C11H19FN3OS+. The van der Waals surface area contributed by atoms with Gasteiger partial charge in [0.1, 0.15) is 0 Å². The number of aliphatic hydroxyl groups excluding tert-OH is 1. The smallest absolute Gasteiger partial charge is 0.387 e. The molecule has 6 heteroatoms. The second kappa shape index (κ2) is 4.59. The molecule has 0 saturated heterocycles. The van der Waals surface area contributed by atoms with Gasteiger partial charge in [-0.25, -0.2) is 4.90 Å². The summed E-state index contributed by atoms with van der Waals surface area (Å²) in [5.74, 6) is 0. The molecule has 1 unspecified atom stereocenters. The van der Waals surface area contributed by atoms with Crippen molar-refractivity contribution in [1.82, 2.24) is 10.00 Å². The van der Waals surface area contributed by atoms with Gasteiger partial charge >= 0.3 is 6.42 Å². The molecule has 1 aliphatic heterocycles. The summed E-state index contributed by atoms with van der Waals surface area (Å²) in [6.45, 7) is 7.22. The fourth-order valence-electron chi connectivity index (χ4n) is 1.81. The van der Waals surface area contributed by atoms with Crippen molar-refractivity contribution in [3.63, 3.8) is 0 Å². The predicted molar refractivity (Wildman–Crippen MR) is 63.5 cm³/mol. The van der Waals surface area contributed by atoms with Crippen LogP contribution in [0.15, 0.2) is 0 Å². The zero-order valence-corrected chi connectivity index (χ0v) is 11.3. The van der Waals surface area contributed by atoms with E-state index in [4.69, 9.17) is 5.11 Å². The fourth-order valence-corrected chi connectivity index (χ4v) is 2.89. The Morgan fingerprint density at radius 1 is 1.59 bits per heavy atom. The first-order chi connectivity index (χ1) is 7.93. The van der Waals surface area contributed by atoms with Crippen molar-refractivity contribution >= 4 is 11.3 Å². The molecule has 0 amide bonds. The molecule has 0 saturated carbocycles. The van der Waals surface area contributed by atoms with Crippen LogP contribution in [-0.4, -0.2) is 34.8 Å². The van der Waals surface area contributed by atoms with Crippen LogP contribution in [-0.2, 0) is 11.8 Å². The lowest BCUT2D eigenvalue weighted by Crippen LogP contribution is -2.56. The number of aromatic nitrogens is 2. The van der Waals surface area contributed by atoms with Crippen molar-refractivity contribution in [1.29, 1.82) is 0 Å². The highest BCUT2D eigenvalue weighted by Gasteiger charge is 2.39. The second-order valence-corrected chi connectivity index (χ2v) is 6.38. The first kappa shape index (κ1) is 12.9. The van der Waals surface area contributed by atoms with Gasteiger partial charge in [0.15, 0.2) is 5.01 Å². The number of halogens is 1. The maximum absolute atomic E-state index is 14.2. The lowest BCUT2D eigenvalue weighted by molar-refractivity contribution is -0.825. The van der Waals surface area contributed by atoms with E-state index in [0.29, 0.717) is 13.1 Å². The van der Waals surface area contributed by atoms with Crippen LogP contribution in [0.3, 0.4) is 0 Å². The quantitative estimate of drug-likeness (QED) is 0.637. The summed E-state index contributed by atoms with van der Waals surface area (Å²) in [5, 5.41) is 15.2. The summed E-state index contributed by atoms with van der Waals surface area (Å²) in [5.41, 5.74) is -0.0451. The van der Waals surface area contributed by atoms with Crippen molar-refractivity contribution < 1.29 is 14.2 Å². The molecular weight excluding hydrogens is 241 g/mol. The molecule has 1 N–H and O–H groups in total. The molecule has 4 nitrogen and oxygen atoms in total. The largest absolute Gasteiger partial charge is 0.395 e. The maximum atomic E-state index is 14.2. The Morgan fingerprint density at radius 2 is 2.29 bits per heavy atom. The molecule has 0 spiro atoms. The summed E-state index contributed by atoms with van der Waals surface area (Å²) in [4.78, 5) is 1.61. The van der Waals surface area contributed by atoms with Gasteiger partial charge < -0.3 is 5.11 Å². The van der Waals surface area contributed by atoms with E-state index in [2.05, 4.69) is 25.9 Å². The zero-order chi connectivity index (χ0) is 12.6. The van der Waals surface area contributed by atoms with E-state index in [1.165, 1.54) is 4.68 Å². The number of aliphatic hydroxyl groups is 1. The van der Waals surface area contributed by atoms with E-state index < -0.39 is 6.42 Å². The van der Waals surface area contributed by atoms with Gasteiger partial charge in [-0.2, -0.15) is 4.39 Å². The van der Waals surface area contributed by atoms with Gasteiger partial charge in [0.2, 0.25) is 0 Å². The van der Waals surface area contributed by atoms with Crippen LogP contribution < -0.4 is 4.68 Å². The normalized spacial score (nSPS) is 21.6.